The molecule has 0 spiro atoms. The first-order chi connectivity index (χ1) is 12.9. The van der Waals surface area contributed by atoms with E-state index in [2.05, 4.69) is 31.1 Å². The Morgan fingerprint density at radius 2 is 1.89 bits per heavy atom. The Hall–Kier alpha value is -3.13. The number of carbonyl (C=O) groups excluding carboxylic acids is 2. The molecule has 0 radical (unpaired) electrons. The number of ether oxygens (including phenoxy) is 1. The quantitative estimate of drug-likeness (QED) is 0.618. The van der Waals surface area contributed by atoms with Crippen LogP contribution in [0.1, 0.15) is 26.3 Å². The van der Waals surface area contributed by atoms with Crippen LogP contribution in [-0.2, 0) is 4.74 Å². The minimum absolute atomic E-state index is 0.171. The molecule has 138 valence electrons. The van der Waals surface area contributed by atoms with Gasteiger partial charge in [0.2, 0.25) is 0 Å². The third-order valence-corrected chi connectivity index (χ3v) is 4.89. The molecule has 2 aromatic carbocycles. The second-order valence-corrected chi connectivity index (χ2v) is 6.67. The van der Waals surface area contributed by atoms with E-state index in [1.54, 1.807) is 24.3 Å². The second-order valence-electron chi connectivity index (χ2n) is 5.81. The van der Waals surface area contributed by atoms with Crippen LogP contribution in [0.15, 0.2) is 53.1 Å². The summed E-state index contributed by atoms with van der Waals surface area (Å²) >= 11 is 3.43. The van der Waals surface area contributed by atoms with Gasteiger partial charge in [0.05, 0.1) is 19.0 Å². The molecule has 0 atom stereocenters. The van der Waals surface area contributed by atoms with Crippen molar-refractivity contribution in [1.29, 1.82) is 0 Å². The van der Waals surface area contributed by atoms with E-state index < -0.39 is 5.97 Å². The Kier molecular flexibility index (Phi) is 5.27. The normalized spacial score (nSPS) is 10.5. The number of amides is 1. The monoisotopic (exact) mass is 428 g/mol. The predicted molar refractivity (Wildman–Crippen MR) is 106 cm³/mol. The molecule has 0 bridgehead atoms. The summed E-state index contributed by atoms with van der Waals surface area (Å²) in [7, 11) is 1.28. The first-order valence-electron chi connectivity index (χ1n) is 8.00. The van der Waals surface area contributed by atoms with Gasteiger partial charge in [-0.3, -0.25) is 4.79 Å². The summed E-state index contributed by atoms with van der Waals surface area (Å²) in [5.74, 6) is -0.615. The number of nitrogen functional groups attached to an aromatic ring is 1. The summed E-state index contributed by atoms with van der Waals surface area (Å²) in [4.78, 5) is 24.1. The molecule has 7 nitrogen and oxygen atoms in total. The molecule has 0 aliphatic heterocycles. The number of methoxy groups -OCH3 is 1. The molecule has 3 rings (SSSR count). The van der Waals surface area contributed by atoms with Crippen LogP contribution in [0.3, 0.4) is 0 Å². The van der Waals surface area contributed by atoms with Gasteiger partial charge in [0.1, 0.15) is 11.4 Å². The summed E-state index contributed by atoms with van der Waals surface area (Å²) in [6, 6.07) is 12.3. The van der Waals surface area contributed by atoms with Crippen molar-refractivity contribution < 1.29 is 14.3 Å². The molecular weight excluding hydrogens is 412 g/mol. The number of nitrogens with one attached hydrogen (secondary N) is 1. The number of aryl methyl sites for hydroxylation is 1. The molecule has 0 aliphatic rings. The predicted octanol–water partition coefficient (Wildman–Crippen LogP) is 3.56. The Bertz CT molecular complexity index is 1010. The Balaban J connectivity index is 1.79. The third-order valence-electron chi connectivity index (χ3n) is 4.00. The van der Waals surface area contributed by atoms with Crippen LogP contribution in [0.4, 0.5) is 11.5 Å². The highest BCUT2D eigenvalue weighted by Gasteiger charge is 2.16. The van der Waals surface area contributed by atoms with Crippen LogP contribution in [0.25, 0.3) is 5.69 Å². The number of hydrogen-bond donors (Lipinski definition) is 2. The molecule has 3 aromatic rings. The van der Waals surface area contributed by atoms with E-state index in [9.17, 15) is 9.59 Å². The molecule has 1 heterocycles. The lowest BCUT2D eigenvalue weighted by atomic mass is 10.1. The van der Waals surface area contributed by atoms with Crippen LogP contribution >= 0.6 is 15.9 Å². The van der Waals surface area contributed by atoms with Gasteiger partial charge in [-0.05, 0) is 55.0 Å². The van der Waals surface area contributed by atoms with Crippen LogP contribution in [0.2, 0.25) is 0 Å². The Morgan fingerprint density at radius 1 is 1.19 bits per heavy atom. The number of halogens is 1. The van der Waals surface area contributed by atoms with Gasteiger partial charge in [0.15, 0.2) is 0 Å². The Labute approximate surface area is 164 Å². The zero-order valence-electron chi connectivity index (χ0n) is 14.7. The number of aromatic nitrogens is 2. The van der Waals surface area contributed by atoms with Crippen molar-refractivity contribution in [2.75, 3.05) is 18.2 Å². The van der Waals surface area contributed by atoms with Crippen LogP contribution < -0.4 is 11.1 Å². The summed E-state index contributed by atoms with van der Waals surface area (Å²) in [5.41, 5.74) is 8.99. The van der Waals surface area contributed by atoms with Gasteiger partial charge in [0, 0.05) is 15.7 Å². The first kappa shape index (κ1) is 18.7. The number of nitrogens with two attached hydrogens (primary N) is 1. The van der Waals surface area contributed by atoms with Crippen LogP contribution in [0.5, 0.6) is 0 Å². The zero-order valence-corrected chi connectivity index (χ0v) is 16.3. The minimum atomic E-state index is -0.556. The van der Waals surface area contributed by atoms with E-state index in [0.29, 0.717) is 16.9 Å². The maximum atomic E-state index is 12.4. The van der Waals surface area contributed by atoms with Crippen LogP contribution in [0, 0.1) is 6.92 Å². The molecule has 8 heteroatoms. The summed E-state index contributed by atoms with van der Waals surface area (Å²) in [6.07, 6.45) is 1.34. The fourth-order valence-electron chi connectivity index (χ4n) is 2.51. The summed E-state index contributed by atoms with van der Waals surface area (Å²) in [6.45, 7) is 1.95. The highest BCUT2D eigenvalue weighted by molar-refractivity contribution is 9.10. The average molecular weight is 429 g/mol. The molecule has 0 saturated heterocycles. The molecule has 1 aromatic heterocycles. The number of carbonyl (C=O) groups is 2. The number of benzene rings is 2. The van der Waals surface area contributed by atoms with Crippen molar-refractivity contribution in [3.05, 3.63) is 69.8 Å². The van der Waals surface area contributed by atoms with E-state index in [1.807, 2.05) is 25.1 Å². The van der Waals surface area contributed by atoms with Crippen molar-refractivity contribution in [3.63, 3.8) is 0 Å². The largest absolute Gasteiger partial charge is 0.465 e. The van der Waals surface area contributed by atoms with Crippen molar-refractivity contribution >= 4 is 39.3 Å². The fraction of sp³-hybridized carbons (Fsp3) is 0.105. The zero-order chi connectivity index (χ0) is 19.6. The number of esters is 1. The lowest BCUT2D eigenvalue weighted by molar-refractivity contribution is 0.0602. The number of anilines is 2. The van der Waals surface area contributed by atoms with Crippen LogP contribution in [-0.4, -0.2) is 28.8 Å². The fourth-order valence-corrected chi connectivity index (χ4v) is 2.76. The van der Waals surface area contributed by atoms with Gasteiger partial charge < -0.3 is 15.8 Å². The van der Waals surface area contributed by atoms with Gasteiger partial charge in [-0.1, -0.05) is 15.9 Å². The average Bonchev–Trinajstić information content (AvgIpc) is 3.05. The third kappa shape index (κ3) is 3.85. The smallest absolute Gasteiger partial charge is 0.343 e. The highest BCUT2D eigenvalue weighted by atomic mass is 79.9. The molecule has 0 saturated carbocycles. The maximum absolute atomic E-state index is 12.4. The van der Waals surface area contributed by atoms with Gasteiger partial charge in [-0.2, -0.15) is 5.10 Å². The van der Waals surface area contributed by atoms with E-state index in [4.69, 9.17) is 5.73 Å². The lowest BCUT2D eigenvalue weighted by Crippen LogP contribution is -2.12. The number of hydrogen-bond acceptors (Lipinski definition) is 5. The van der Waals surface area contributed by atoms with Gasteiger partial charge >= 0.3 is 5.97 Å². The SMILES string of the molecule is COC(=O)c1cnn(-c2ccc(C(=O)Nc3ccc(Br)c(C)c3)cc2)c1N. The highest BCUT2D eigenvalue weighted by Crippen LogP contribution is 2.21. The van der Waals surface area contributed by atoms with Crippen molar-refractivity contribution in [3.8, 4) is 5.69 Å². The lowest BCUT2D eigenvalue weighted by Gasteiger charge is -2.09. The summed E-state index contributed by atoms with van der Waals surface area (Å²) in [5, 5.41) is 6.96. The number of rotatable bonds is 4. The van der Waals surface area contributed by atoms with E-state index in [-0.39, 0.29) is 17.3 Å². The van der Waals surface area contributed by atoms with Crippen molar-refractivity contribution in [1.82, 2.24) is 9.78 Å². The standard InChI is InChI=1S/C19H17BrN4O3/c1-11-9-13(5-8-16(11)20)23-18(25)12-3-6-14(7-4-12)24-17(21)15(10-22-24)19(26)27-2/h3-10H,21H2,1-2H3,(H,23,25). The molecular formula is C19H17BrN4O3. The molecule has 1 amide bonds. The van der Waals surface area contributed by atoms with Gasteiger partial charge in [-0.15, -0.1) is 0 Å². The molecule has 27 heavy (non-hydrogen) atoms. The topological polar surface area (TPSA) is 99.2 Å². The maximum Gasteiger partial charge on any atom is 0.343 e. The second kappa shape index (κ2) is 7.63. The Morgan fingerprint density at radius 3 is 2.52 bits per heavy atom. The minimum Gasteiger partial charge on any atom is -0.465 e. The van der Waals surface area contributed by atoms with E-state index >= 15 is 0 Å². The van der Waals surface area contributed by atoms with E-state index in [0.717, 1.165) is 10.0 Å². The molecule has 0 fully saturated rings. The molecule has 0 aliphatic carbocycles. The number of nitrogens with zero attached hydrogens (tertiary/aromatic N) is 2. The summed E-state index contributed by atoms with van der Waals surface area (Å²) < 4.78 is 7.05. The molecule has 0 unspecified atom stereocenters. The van der Waals surface area contributed by atoms with Crippen molar-refractivity contribution in [2.45, 2.75) is 6.92 Å². The first-order valence-corrected chi connectivity index (χ1v) is 8.79. The van der Waals surface area contributed by atoms with Crippen molar-refractivity contribution in [2.24, 2.45) is 0 Å². The van der Waals surface area contributed by atoms with Gasteiger partial charge in [-0.25, -0.2) is 9.48 Å². The van der Waals surface area contributed by atoms with Gasteiger partial charge in [0.25, 0.3) is 5.91 Å². The van der Waals surface area contributed by atoms with E-state index in [1.165, 1.54) is 18.0 Å². The molecule has 3 N–H and O–H groups in total.